The highest BCUT2D eigenvalue weighted by molar-refractivity contribution is 5.80. The zero-order valence-corrected chi connectivity index (χ0v) is 18.1. The molecule has 10 heteroatoms. The van der Waals surface area contributed by atoms with E-state index in [2.05, 4.69) is 24.8 Å². The normalized spacial score (nSPS) is 14.0. The van der Waals surface area contributed by atoms with Crippen LogP contribution in [-0.4, -0.2) is 68.6 Å². The topological polar surface area (TPSA) is 89.3 Å². The van der Waals surface area contributed by atoms with Crippen molar-refractivity contribution >= 4 is 22.8 Å². The summed E-state index contributed by atoms with van der Waals surface area (Å²) in [5, 5.41) is 0. The number of methoxy groups -OCH3 is 1. The van der Waals surface area contributed by atoms with Crippen LogP contribution in [0.4, 0.5) is 10.1 Å². The molecule has 1 amide bonds. The third kappa shape index (κ3) is 4.19. The average Bonchev–Trinajstić information content (AvgIpc) is 3.27. The zero-order chi connectivity index (χ0) is 22.8. The van der Waals surface area contributed by atoms with Crippen LogP contribution < -0.4 is 9.64 Å². The van der Waals surface area contributed by atoms with Gasteiger partial charge in [0.05, 0.1) is 13.4 Å². The van der Waals surface area contributed by atoms with Gasteiger partial charge in [0.25, 0.3) is 0 Å². The third-order valence-electron chi connectivity index (χ3n) is 5.73. The monoisotopic (exact) mass is 447 g/mol. The maximum absolute atomic E-state index is 14.1. The molecule has 0 spiro atoms. The molecule has 1 aromatic carbocycles. The van der Waals surface area contributed by atoms with Crippen LogP contribution in [0.15, 0.2) is 55.2 Å². The summed E-state index contributed by atoms with van der Waals surface area (Å²) in [6, 6.07) is 8.63. The summed E-state index contributed by atoms with van der Waals surface area (Å²) in [6.45, 7) is 2.58. The maximum atomic E-state index is 14.1. The van der Waals surface area contributed by atoms with Crippen LogP contribution in [0.3, 0.4) is 0 Å². The van der Waals surface area contributed by atoms with Crippen molar-refractivity contribution in [2.24, 2.45) is 0 Å². The summed E-state index contributed by atoms with van der Waals surface area (Å²) >= 11 is 0. The summed E-state index contributed by atoms with van der Waals surface area (Å²) in [4.78, 5) is 33.8. The number of anilines is 1. The SMILES string of the molecule is COc1ncc(-c2cc(F)ccc2N2CCN(C(=O)Cn3cnc4cccnc43)CC2)cn1. The van der Waals surface area contributed by atoms with E-state index < -0.39 is 0 Å². The first kappa shape index (κ1) is 20.8. The van der Waals surface area contributed by atoms with Crippen molar-refractivity contribution in [1.29, 1.82) is 0 Å². The van der Waals surface area contributed by atoms with Crippen molar-refractivity contribution in [1.82, 2.24) is 29.4 Å². The van der Waals surface area contributed by atoms with E-state index in [0.717, 1.165) is 11.2 Å². The number of ether oxygens (including phenoxy) is 1. The fraction of sp³-hybridized carbons (Fsp3) is 0.261. The molecule has 1 saturated heterocycles. The molecule has 4 heterocycles. The second-order valence-electron chi connectivity index (χ2n) is 7.71. The second-order valence-corrected chi connectivity index (χ2v) is 7.71. The van der Waals surface area contributed by atoms with Crippen LogP contribution in [0, 0.1) is 5.82 Å². The van der Waals surface area contributed by atoms with Gasteiger partial charge in [-0.25, -0.2) is 24.3 Å². The Hall–Kier alpha value is -4.08. The number of piperazine rings is 1. The quantitative estimate of drug-likeness (QED) is 0.464. The average molecular weight is 447 g/mol. The molecule has 0 saturated carbocycles. The van der Waals surface area contributed by atoms with Gasteiger partial charge in [-0.2, -0.15) is 0 Å². The first-order valence-electron chi connectivity index (χ1n) is 10.6. The van der Waals surface area contributed by atoms with Gasteiger partial charge in [-0.3, -0.25) is 4.79 Å². The fourth-order valence-corrected chi connectivity index (χ4v) is 4.03. The first-order valence-corrected chi connectivity index (χ1v) is 10.6. The van der Waals surface area contributed by atoms with Gasteiger partial charge >= 0.3 is 6.01 Å². The largest absolute Gasteiger partial charge is 0.467 e. The highest BCUT2D eigenvalue weighted by Gasteiger charge is 2.24. The molecule has 1 fully saturated rings. The van der Waals surface area contributed by atoms with Crippen LogP contribution in [0.1, 0.15) is 0 Å². The molecule has 3 aromatic heterocycles. The predicted molar refractivity (Wildman–Crippen MR) is 120 cm³/mol. The van der Waals surface area contributed by atoms with Gasteiger partial charge < -0.3 is 19.1 Å². The van der Waals surface area contributed by atoms with Crippen LogP contribution in [0.5, 0.6) is 6.01 Å². The van der Waals surface area contributed by atoms with Crippen molar-refractivity contribution in [2.45, 2.75) is 6.54 Å². The molecular weight excluding hydrogens is 425 g/mol. The Morgan fingerprint density at radius 3 is 2.61 bits per heavy atom. The van der Waals surface area contributed by atoms with Gasteiger partial charge in [0, 0.05) is 61.6 Å². The number of rotatable bonds is 5. The van der Waals surface area contributed by atoms with Crippen molar-refractivity contribution in [3.05, 3.63) is 61.1 Å². The lowest BCUT2D eigenvalue weighted by Gasteiger charge is -2.37. The molecule has 0 radical (unpaired) electrons. The van der Waals surface area contributed by atoms with E-state index in [9.17, 15) is 9.18 Å². The number of halogens is 1. The summed E-state index contributed by atoms with van der Waals surface area (Å²) in [7, 11) is 1.50. The number of carbonyl (C=O) groups is 1. The van der Waals surface area contributed by atoms with E-state index in [4.69, 9.17) is 4.74 Å². The van der Waals surface area contributed by atoms with Gasteiger partial charge in [0.2, 0.25) is 5.91 Å². The zero-order valence-electron chi connectivity index (χ0n) is 18.1. The molecule has 33 heavy (non-hydrogen) atoms. The lowest BCUT2D eigenvalue weighted by molar-refractivity contribution is -0.132. The molecule has 1 aliphatic heterocycles. The van der Waals surface area contributed by atoms with Crippen LogP contribution in [0.2, 0.25) is 0 Å². The molecule has 0 bridgehead atoms. The molecule has 0 N–H and O–H groups in total. The minimum absolute atomic E-state index is 0.0162. The van der Waals surface area contributed by atoms with Crippen molar-refractivity contribution < 1.29 is 13.9 Å². The summed E-state index contributed by atoms with van der Waals surface area (Å²) in [6.07, 6.45) is 6.58. The minimum Gasteiger partial charge on any atom is -0.467 e. The number of benzene rings is 1. The van der Waals surface area contributed by atoms with Crippen LogP contribution in [0.25, 0.3) is 22.3 Å². The van der Waals surface area contributed by atoms with Crippen molar-refractivity contribution in [2.75, 3.05) is 38.2 Å². The predicted octanol–water partition coefficient (Wildman–Crippen LogP) is 2.38. The Morgan fingerprint density at radius 2 is 1.85 bits per heavy atom. The van der Waals surface area contributed by atoms with E-state index in [0.29, 0.717) is 43.0 Å². The summed E-state index contributed by atoms with van der Waals surface area (Å²) in [5.74, 6) is -0.318. The van der Waals surface area contributed by atoms with Crippen molar-refractivity contribution in [3.8, 4) is 17.1 Å². The lowest BCUT2D eigenvalue weighted by atomic mass is 10.0. The molecule has 168 valence electrons. The van der Waals surface area contributed by atoms with Crippen LogP contribution >= 0.6 is 0 Å². The molecule has 9 nitrogen and oxygen atoms in total. The fourth-order valence-electron chi connectivity index (χ4n) is 4.03. The van der Waals surface area contributed by atoms with E-state index in [1.165, 1.54) is 19.2 Å². The van der Waals surface area contributed by atoms with Gasteiger partial charge in [-0.15, -0.1) is 0 Å². The van der Waals surface area contributed by atoms with Gasteiger partial charge in [-0.1, -0.05) is 0 Å². The highest BCUT2D eigenvalue weighted by Crippen LogP contribution is 2.32. The number of nitrogens with zero attached hydrogens (tertiary/aromatic N) is 7. The standard InChI is InChI=1S/C23H22FN7O2/c1-33-23-26-12-16(13-27-23)18-11-17(24)4-5-20(18)29-7-9-30(10-8-29)21(32)14-31-15-28-19-3-2-6-25-22(19)31/h2-6,11-13,15H,7-10,14H2,1H3. The summed E-state index contributed by atoms with van der Waals surface area (Å²) in [5.41, 5.74) is 3.74. The Labute approximate surface area is 189 Å². The van der Waals surface area contributed by atoms with Crippen molar-refractivity contribution in [3.63, 3.8) is 0 Å². The van der Waals surface area contributed by atoms with E-state index in [-0.39, 0.29) is 24.3 Å². The number of amides is 1. The number of hydrogen-bond acceptors (Lipinski definition) is 7. The number of fused-ring (bicyclic) bond motifs is 1. The highest BCUT2D eigenvalue weighted by atomic mass is 19.1. The van der Waals surface area contributed by atoms with Gasteiger partial charge in [0.15, 0.2) is 5.65 Å². The number of pyridine rings is 1. The van der Waals surface area contributed by atoms with E-state index in [1.54, 1.807) is 35.6 Å². The number of imidazole rings is 1. The molecule has 1 aliphatic rings. The van der Waals surface area contributed by atoms with E-state index >= 15 is 0 Å². The second kappa shape index (κ2) is 8.81. The van der Waals surface area contributed by atoms with E-state index in [1.807, 2.05) is 17.0 Å². The Bertz CT molecular complexity index is 1280. The molecule has 5 rings (SSSR count). The molecule has 4 aromatic rings. The van der Waals surface area contributed by atoms with Crippen LogP contribution in [-0.2, 0) is 11.3 Å². The Morgan fingerprint density at radius 1 is 1.06 bits per heavy atom. The summed E-state index contributed by atoms with van der Waals surface area (Å²) < 4.78 is 20.8. The molecule has 0 unspecified atom stereocenters. The van der Waals surface area contributed by atoms with Gasteiger partial charge in [0.1, 0.15) is 17.9 Å². The Kier molecular flexibility index (Phi) is 5.55. The molecular formula is C23H22FN7O2. The van der Waals surface area contributed by atoms with Gasteiger partial charge in [-0.05, 0) is 30.3 Å². The number of aromatic nitrogens is 5. The molecule has 0 aliphatic carbocycles. The first-order chi connectivity index (χ1) is 16.1. The number of carbonyl (C=O) groups excluding carboxylic acids is 1. The smallest absolute Gasteiger partial charge is 0.316 e. The molecule has 0 atom stereocenters. The number of hydrogen-bond donors (Lipinski definition) is 0. The third-order valence-corrected chi connectivity index (χ3v) is 5.73. The minimum atomic E-state index is -0.334. The maximum Gasteiger partial charge on any atom is 0.316 e. The Balaban J connectivity index is 1.29. The lowest BCUT2D eigenvalue weighted by Crippen LogP contribution is -2.49.